The van der Waals surface area contributed by atoms with Crippen LogP contribution in [0.5, 0.6) is 11.5 Å². The van der Waals surface area contributed by atoms with Gasteiger partial charge in [0, 0.05) is 11.8 Å². The predicted molar refractivity (Wildman–Crippen MR) is 81.2 cm³/mol. The van der Waals surface area contributed by atoms with E-state index in [-0.39, 0.29) is 0 Å². The number of nitrogens with one attached hydrogen (secondary N) is 1. The lowest BCUT2D eigenvalue weighted by Crippen LogP contribution is -2.13. The molecule has 0 radical (unpaired) electrons. The number of hydrogen-bond acceptors (Lipinski definition) is 3. The SMILES string of the molecule is C1=Cc2ccccc2ON1.C=CCc1ccccc1O. The summed E-state index contributed by atoms with van der Waals surface area (Å²) < 4.78 is 0. The molecule has 2 N–H and O–H groups in total. The second-order valence-electron chi connectivity index (χ2n) is 4.21. The summed E-state index contributed by atoms with van der Waals surface area (Å²) in [7, 11) is 0. The van der Waals surface area contributed by atoms with E-state index >= 15 is 0 Å². The molecule has 1 heterocycles. The fraction of sp³-hybridized carbons (Fsp3) is 0.0588. The zero-order valence-electron chi connectivity index (χ0n) is 11.1. The number of phenolic OH excluding ortho intramolecular Hbond substituents is 1. The quantitative estimate of drug-likeness (QED) is 0.816. The maximum absolute atomic E-state index is 9.19. The number of para-hydroxylation sites is 2. The predicted octanol–water partition coefficient (Wildman–Crippen LogP) is 3.68. The molecule has 3 nitrogen and oxygen atoms in total. The lowest BCUT2D eigenvalue weighted by Gasteiger charge is -2.11. The Kier molecular flexibility index (Phi) is 4.84. The molecular weight excluding hydrogens is 250 g/mol. The molecule has 2 aromatic rings. The fourth-order valence-electron chi connectivity index (χ4n) is 1.77. The van der Waals surface area contributed by atoms with Crippen LogP contribution in [0.15, 0.2) is 67.4 Å². The van der Waals surface area contributed by atoms with Crippen LogP contribution in [0.3, 0.4) is 0 Å². The molecule has 20 heavy (non-hydrogen) atoms. The molecule has 0 unspecified atom stereocenters. The van der Waals surface area contributed by atoms with Crippen molar-refractivity contribution in [3.05, 3.63) is 78.5 Å². The number of hydroxylamine groups is 1. The molecule has 2 aromatic carbocycles. The molecule has 3 heteroatoms. The fourth-order valence-corrected chi connectivity index (χ4v) is 1.77. The number of allylic oxidation sites excluding steroid dienone is 1. The highest BCUT2D eigenvalue weighted by Gasteiger charge is 2.01. The molecule has 102 valence electrons. The monoisotopic (exact) mass is 267 g/mol. The molecule has 0 spiro atoms. The van der Waals surface area contributed by atoms with E-state index in [0.717, 1.165) is 23.3 Å². The average molecular weight is 267 g/mol. The minimum Gasteiger partial charge on any atom is -0.508 e. The molecule has 3 rings (SSSR count). The maximum Gasteiger partial charge on any atom is 0.162 e. The minimum atomic E-state index is 0.349. The number of aromatic hydroxyl groups is 1. The van der Waals surface area contributed by atoms with Crippen LogP contribution in [-0.2, 0) is 6.42 Å². The van der Waals surface area contributed by atoms with Gasteiger partial charge in [-0.1, -0.05) is 42.5 Å². The van der Waals surface area contributed by atoms with Crippen molar-refractivity contribution in [1.29, 1.82) is 0 Å². The van der Waals surface area contributed by atoms with E-state index in [0.29, 0.717) is 5.75 Å². The summed E-state index contributed by atoms with van der Waals surface area (Å²) in [6.45, 7) is 3.59. The van der Waals surface area contributed by atoms with Crippen molar-refractivity contribution in [2.45, 2.75) is 6.42 Å². The summed E-state index contributed by atoms with van der Waals surface area (Å²) in [5.41, 5.74) is 4.70. The maximum atomic E-state index is 9.19. The number of rotatable bonds is 2. The number of fused-ring (bicyclic) bond motifs is 1. The molecule has 0 saturated heterocycles. The first kappa shape index (κ1) is 13.7. The molecule has 0 saturated carbocycles. The zero-order chi connectivity index (χ0) is 14.2. The van der Waals surface area contributed by atoms with Gasteiger partial charge in [0.05, 0.1) is 0 Å². The molecule has 0 aromatic heterocycles. The van der Waals surface area contributed by atoms with Crippen LogP contribution in [0.2, 0.25) is 0 Å². The molecule has 0 aliphatic carbocycles. The van der Waals surface area contributed by atoms with Gasteiger partial charge in [-0.25, -0.2) is 5.48 Å². The lowest BCUT2D eigenvalue weighted by molar-refractivity contribution is 0.239. The van der Waals surface area contributed by atoms with Gasteiger partial charge in [-0.3, -0.25) is 0 Å². The molecule has 0 bridgehead atoms. The second-order valence-corrected chi connectivity index (χ2v) is 4.21. The Morgan fingerprint density at radius 2 is 1.85 bits per heavy atom. The van der Waals surface area contributed by atoms with Gasteiger partial charge >= 0.3 is 0 Å². The molecule has 0 atom stereocenters. The van der Waals surface area contributed by atoms with Crippen molar-refractivity contribution in [1.82, 2.24) is 5.48 Å². The Hall–Kier alpha value is -2.68. The summed E-state index contributed by atoms with van der Waals surface area (Å²) in [6, 6.07) is 15.1. The molecule has 0 amide bonds. The van der Waals surface area contributed by atoms with E-state index < -0.39 is 0 Å². The van der Waals surface area contributed by atoms with Crippen LogP contribution in [0.4, 0.5) is 0 Å². The average Bonchev–Trinajstić information content (AvgIpc) is 2.51. The summed E-state index contributed by atoms with van der Waals surface area (Å²) in [5.74, 6) is 1.23. The van der Waals surface area contributed by atoms with Crippen molar-refractivity contribution in [3.8, 4) is 11.5 Å². The first-order valence-corrected chi connectivity index (χ1v) is 6.37. The summed E-state index contributed by atoms with van der Waals surface area (Å²) in [5, 5.41) is 9.19. The molecule has 1 aliphatic heterocycles. The summed E-state index contributed by atoms with van der Waals surface area (Å²) in [4.78, 5) is 5.09. The zero-order valence-corrected chi connectivity index (χ0v) is 11.1. The highest BCUT2D eigenvalue weighted by Crippen LogP contribution is 2.20. The van der Waals surface area contributed by atoms with Crippen molar-refractivity contribution < 1.29 is 9.94 Å². The van der Waals surface area contributed by atoms with Crippen molar-refractivity contribution >= 4 is 6.08 Å². The summed E-state index contributed by atoms with van der Waals surface area (Å²) >= 11 is 0. The Balaban J connectivity index is 0.000000147. The topological polar surface area (TPSA) is 41.5 Å². The normalized spacial score (nSPS) is 11.2. The smallest absolute Gasteiger partial charge is 0.162 e. The van der Waals surface area contributed by atoms with Gasteiger partial charge in [0.25, 0.3) is 0 Å². The van der Waals surface area contributed by atoms with Gasteiger partial charge in [0.1, 0.15) is 5.75 Å². The van der Waals surface area contributed by atoms with Crippen LogP contribution in [0.1, 0.15) is 11.1 Å². The minimum absolute atomic E-state index is 0.349. The van der Waals surface area contributed by atoms with E-state index in [1.54, 1.807) is 18.3 Å². The van der Waals surface area contributed by atoms with Gasteiger partial charge in [0.2, 0.25) is 0 Å². The van der Waals surface area contributed by atoms with E-state index in [4.69, 9.17) is 4.84 Å². The standard InChI is InChI=1S/C9H10O.C8H7NO/c1-2-5-8-6-3-4-7-9(8)10;1-2-4-8-7(3-1)5-6-9-10-8/h2-4,6-7,10H,1,5H2;1-6,9H. The van der Waals surface area contributed by atoms with Gasteiger partial charge in [-0.2, -0.15) is 0 Å². The van der Waals surface area contributed by atoms with Crippen molar-refractivity contribution in [3.63, 3.8) is 0 Å². The highest BCUT2D eigenvalue weighted by molar-refractivity contribution is 5.57. The van der Waals surface area contributed by atoms with Gasteiger partial charge in [0.15, 0.2) is 5.75 Å². The van der Waals surface area contributed by atoms with Crippen LogP contribution in [0, 0.1) is 0 Å². The van der Waals surface area contributed by atoms with E-state index in [1.807, 2.05) is 48.5 Å². The lowest BCUT2D eigenvalue weighted by atomic mass is 10.1. The Bertz CT molecular complexity index is 605. The first-order valence-electron chi connectivity index (χ1n) is 6.37. The Labute approximate surface area is 118 Å². The van der Waals surface area contributed by atoms with Gasteiger partial charge in [-0.05, 0) is 30.2 Å². The van der Waals surface area contributed by atoms with E-state index in [1.165, 1.54) is 0 Å². The summed E-state index contributed by atoms with van der Waals surface area (Å²) in [6.07, 6.45) is 6.24. The largest absolute Gasteiger partial charge is 0.508 e. The highest BCUT2D eigenvalue weighted by atomic mass is 16.6. The third kappa shape index (κ3) is 3.65. The number of benzene rings is 2. The third-order valence-electron chi connectivity index (χ3n) is 2.77. The van der Waals surface area contributed by atoms with Crippen LogP contribution in [-0.4, -0.2) is 5.11 Å². The van der Waals surface area contributed by atoms with Crippen molar-refractivity contribution in [2.24, 2.45) is 0 Å². The number of phenols is 1. The molecule has 0 fully saturated rings. The first-order chi connectivity index (χ1) is 9.81. The Morgan fingerprint density at radius 3 is 2.60 bits per heavy atom. The number of hydrogen-bond donors (Lipinski definition) is 2. The molecule has 1 aliphatic rings. The van der Waals surface area contributed by atoms with E-state index in [2.05, 4.69) is 12.1 Å². The van der Waals surface area contributed by atoms with Crippen LogP contribution >= 0.6 is 0 Å². The Morgan fingerprint density at radius 1 is 1.10 bits per heavy atom. The molecular formula is C17H17NO2. The second kappa shape index (κ2) is 7.04. The van der Waals surface area contributed by atoms with Crippen molar-refractivity contribution in [2.75, 3.05) is 0 Å². The van der Waals surface area contributed by atoms with Gasteiger partial charge < -0.3 is 9.94 Å². The van der Waals surface area contributed by atoms with Gasteiger partial charge in [-0.15, -0.1) is 6.58 Å². The third-order valence-corrected chi connectivity index (χ3v) is 2.77. The van der Waals surface area contributed by atoms with Crippen LogP contribution < -0.4 is 10.3 Å². The van der Waals surface area contributed by atoms with E-state index in [9.17, 15) is 5.11 Å². The van der Waals surface area contributed by atoms with Crippen LogP contribution in [0.25, 0.3) is 6.08 Å².